The van der Waals surface area contributed by atoms with Crippen LogP contribution < -0.4 is 14.8 Å². The normalized spacial score (nSPS) is 19.7. The highest BCUT2D eigenvalue weighted by Gasteiger charge is 2.27. The van der Waals surface area contributed by atoms with Crippen molar-refractivity contribution in [3.8, 4) is 11.5 Å². The number of carbonyl (C=O) groups excluding carboxylic acids is 1. The number of hydrogen-bond donors (Lipinski definition) is 1. The lowest BCUT2D eigenvalue weighted by molar-refractivity contribution is -0.116. The quantitative estimate of drug-likeness (QED) is 0.789. The molecular formula is C16H21NO5S. The molecule has 1 saturated heterocycles. The van der Waals surface area contributed by atoms with E-state index in [0.717, 1.165) is 5.56 Å². The Morgan fingerprint density at radius 3 is 2.65 bits per heavy atom. The van der Waals surface area contributed by atoms with E-state index in [4.69, 9.17) is 9.47 Å². The second kappa shape index (κ2) is 7.50. The van der Waals surface area contributed by atoms with Gasteiger partial charge in [-0.25, -0.2) is 8.42 Å². The predicted molar refractivity (Wildman–Crippen MR) is 88.4 cm³/mol. The van der Waals surface area contributed by atoms with E-state index in [1.165, 1.54) is 6.08 Å². The molecule has 1 aromatic carbocycles. The van der Waals surface area contributed by atoms with E-state index in [0.29, 0.717) is 24.5 Å². The molecule has 0 aromatic heterocycles. The van der Waals surface area contributed by atoms with Crippen molar-refractivity contribution in [3.05, 3.63) is 29.8 Å². The van der Waals surface area contributed by atoms with Crippen LogP contribution in [0.25, 0.3) is 6.08 Å². The highest BCUT2D eigenvalue weighted by molar-refractivity contribution is 7.91. The van der Waals surface area contributed by atoms with E-state index in [1.807, 2.05) is 6.07 Å². The van der Waals surface area contributed by atoms with Crippen LogP contribution in [0.5, 0.6) is 11.5 Å². The van der Waals surface area contributed by atoms with Gasteiger partial charge in [-0.2, -0.15) is 0 Å². The monoisotopic (exact) mass is 339 g/mol. The van der Waals surface area contributed by atoms with Crippen LogP contribution in [0.1, 0.15) is 12.0 Å². The van der Waals surface area contributed by atoms with Gasteiger partial charge in [-0.05, 0) is 36.1 Å². The lowest BCUT2D eigenvalue weighted by Crippen LogP contribution is -2.28. The van der Waals surface area contributed by atoms with Gasteiger partial charge in [-0.1, -0.05) is 6.07 Å². The summed E-state index contributed by atoms with van der Waals surface area (Å²) < 4.78 is 33.1. The van der Waals surface area contributed by atoms with Gasteiger partial charge in [-0.3, -0.25) is 4.79 Å². The van der Waals surface area contributed by atoms with Crippen LogP contribution in [0.2, 0.25) is 0 Å². The number of ether oxygens (including phenoxy) is 2. The summed E-state index contributed by atoms with van der Waals surface area (Å²) in [4.78, 5) is 11.8. The fraction of sp³-hybridized carbons (Fsp3) is 0.438. The van der Waals surface area contributed by atoms with Gasteiger partial charge in [0.2, 0.25) is 5.91 Å². The molecule has 1 fully saturated rings. The van der Waals surface area contributed by atoms with Crippen LogP contribution in [0.4, 0.5) is 0 Å². The smallest absolute Gasteiger partial charge is 0.244 e. The third kappa shape index (κ3) is 4.99. The molecule has 1 heterocycles. The molecule has 7 heteroatoms. The first-order valence-electron chi connectivity index (χ1n) is 7.32. The van der Waals surface area contributed by atoms with Gasteiger partial charge in [0, 0.05) is 12.6 Å². The highest BCUT2D eigenvalue weighted by Crippen LogP contribution is 2.27. The van der Waals surface area contributed by atoms with E-state index in [9.17, 15) is 13.2 Å². The Morgan fingerprint density at radius 1 is 1.30 bits per heavy atom. The van der Waals surface area contributed by atoms with Crippen molar-refractivity contribution in [1.29, 1.82) is 0 Å². The molecular weight excluding hydrogens is 318 g/mol. The molecule has 2 rings (SSSR count). The van der Waals surface area contributed by atoms with Gasteiger partial charge in [0.15, 0.2) is 21.3 Å². The lowest BCUT2D eigenvalue weighted by Gasteiger charge is -2.08. The van der Waals surface area contributed by atoms with Crippen LogP contribution >= 0.6 is 0 Å². The molecule has 1 unspecified atom stereocenters. The first-order chi connectivity index (χ1) is 10.9. The molecule has 0 aliphatic carbocycles. The summed E-state index contributed by atoms with van der Waals surface area (Å²) in [6, 6.07) is 5.35. The molecule has 23 heavy (non-hydrogen) atoms. The third-order valence-corrected chi connectivity index (χ3v) is 5.56. The standard InChI is InChI=1S/C16H21NO5S/c1-21-14-5-3-12(9-15(14)22-2)4-6-16(18)17-10-13-7-8-23(19,20)11-13/h3-6,9,13H,7-8,10-11H2,1-2H3,(H,17,18)/b6-4+. The van der Waals surface area contributed by atoms with Crippen LogP contribution in [-0.2, 0) is 14.6 Å². The minimum atomic E-state index is -2.91. The molecule has 0 bridgehead atoms. The van der Waals surface area contributed by atoms with Crippen molar-refractivity contribution in [3.63, 3.8) is 0 Å². The molecule has 126 valence electrons. The molecule has 1 aliphatic rings. The fourth-order valence-electron chi connectivity index (χ4n) is 2.47. The average molecular weight is 339 g/mol. The van der Waals surface area contributed by atoms with Crippen molar-refractivity contribution in [1.82, 2.24) is 5.32 Å². The topological polar surface area (TPSA) is 81.7 Å². The number of rotatable bonds is 6. The first-order valence-corrected chi connectivity index (χ1v) is 9.14. The summed E-state index contributed by atoms with van der Waals surface area (Å²) in [6.45, 7) is 0.383. The van der Waals surface area contributed by atoms with Gasteiger partial charge in [-0.15, -0.1) is 0 Å². The minimum absolute atomic E-state index is 0.0124. The van der Waals surface area contributed by atoms with Gasteiger partial charge in [0.25, 0.3) is 0 Å². The molecule has 6 nitrogen and oxygen atoms in total. The Labute approximate surface area is 136 Å². The van der Waals surface area contributed by atoms with E-state index >= 15 is 0 Å². The maximum Gasteiger partial charge on any atom is 0.244 e. The summed E-state index contributed by atoms with van der Waals surface area (Å²) in [5.74, 6) is 1.35. The lowest BCUT2D eigenvalue weighted by atomic mass is 10.1. The van der Waals surface area contributed by atoms with Gasteiger partial charge >= 0.3 is 0 Å². The Hall–Kier alpha value is -2.02. The number of carbonyl (C=O) groups is 1. The number of nitrogens with one attached hydrogen (secondary N) is 1. The second-order valence-corrected chi connectivity index (χ2v) is 7.69. The summed E-state index contributed by atoms with van der Waals surface area (Å²) >= 11 is 0. The molecule has 1 aliphatic heterocycles. The first kappa shape index (κ1) is 17.3. The van der Waals surface area contributed by atoms with Crippen LogP contribution in [0, 0.1) is 5.92 Å². The van der Waals surface area contributed by atoms with Gasteiger partial charge in [0.1, 0.15) is 0 Å². The summed E-state index contributed by atoms with van der Waals surface area (Å²) in [5.41, 5.74) is 0.807. The highest BCUT2D eigenvalue weighted by atomic mass is 32.2. The van der Waals surface area contributed by atoms with E-state index < -0.39 is 9.84 Å². The Morgan fingerprint density at radius 2 is 2.04 bits per heavy atom. The van der Waals surface area contributed by atoms with E-state index in [2.05, 4.69) is 5.32 Å². The minimum Gasteiger partial charge on any atom is -0.493 e. The maximum atomic E-state index is 11.8. The summed E-state index contributed by atoms with van der Waals surface area (Å²) in [5, 5.41) is 2.74. The van der Waals surface area contributed by atoms with Gasteiger partial charge < -0.3 is 14.8 Å². The van der Waals surface area contributed by atoms with Crippen LogP contribution in [-0.4, -0.2) is 46.6 Å². The summed E-state index contributed by atoms with van der Waals surface area (Å²) in [6.07, 6.45) is 3.70. The largest absolute Gasteiger partial charge is 0.493 e. The second-order valence-electron chi connectivity index (χ2n) is 5.46. The predicted octanol–water partition coefficient (Wildman–Crippen LogP) is 1.27. The van der Waals surface area contributed by atoms with E-state index in [1.54, 1.807) is 32.4 Å². The zero-order valence-electron chi connectivity index (χ0n) is 13.2. The third-order valence-electron chi connectivity index (χ3n) is 3.73. The number of methoxy groups -OCH3 is 2. The zero-order chi connectivity index (χ0) is 16.9. The molecule has 1 amide bonds. The summed E-state index contributed by atoms with van der Waals surface area (Å²) in [7, 11) is 0.201. The van der Waals surface area contributed by atoms with Crippen LogP contribution in [0.3, 0.4) is 0 Å². The Kier molecular flexibility index (Phi) is 5.65. The number of hydrogen-bond acceptors (Lipinski definition) is 5. The molecule has 0 saturated carbocycles. The van der Waals surface area contributed by atoms with Crippen molar-refractivity contribution >= 4 is 21.8 Å². The zero-order valence-corrected chi connectivity index (χ0v) is 14.1. The van der Waals surface area contributed by atoms with Crippen molar-refractivity contribution < 1.29 is 22.7 Å². The fourth-order valence-corrected chi connectivity index (χ4v) is 4.33. The van der Waals surface area contributed by atoms with Crippen LogP contribution in [0.15, 0.2) is 24.3 Å². The molecule has 1 aromatic rings. The molecule has 0 spiro atoms. The number of benzene rings is 1. The number of amides is 1. The van der Waals surface area contributed by atoms with Crippen molar-refractivity contribution in [2.75, 3.05) is 32.3 Å². The molecule has 1 atom stereocenters. The number of sulfone groups is 1. The van der Waals surface area contributed by atoms with Crippen molar-refractivity contribution in [2.45, 2.75) is 6.42 Å². The Balaban J connectivity index is 1.88. The van der Waals surface area contributed by atoms with Gasteiger partial charge in [0.05, 0.1) is 25.7 Å². The molecule has 0 radical (unpaired) electrons. The Bertz CT molecular complexity index is 696. The van der Waals surface area contributed by atoms with Crippen molar-refractivity contribution in [2.24, 2.45) is 5.92 Å². The maximum absolute atomic E-state index is 11.8. The SMILES string of the molecule is COc1ccc(/C=C/C(=O)NCC2CCS(=O)(=O)C2)cc1OC. The average Bonchev–Trinajstić information content (AvgIpc) is 2.89. The van der Waals surface area contributed by atoms with E-state index in [-0.39, 0.29) is 23.3 Å². The molecule has 1 N–H and O–H groups in total.